The summed E-state index contributed by atoms with van der Waals surface area (Å²) in [5.41, 5.74) is 0. The molecule has 0 fully saturated rings. The Labute approximate surface area is 64.3 Å². The molecule has 0 bridgehead atoms. The van der Waals surface area contributed by atoms with Crippen LogP contribution in [-0.4, -0.2) is 11.1 Å². The van der Waals surface area contributed by atoms with Crippen molar-refractivity contribution in [1.82, 2.24) is 0 Å². The first-order valence-corrected chi connectivity index (χ1v) is 1.69. The molecule has 4 heteroatoms. The Morgan fingerprint density at radius 1 is 1.86 bits per heavy atom. The van der Waals surface area contributed by atoms with Gasteiger partial charge in [-0.3, -0.25) is 0 Å². The molecule has 1 N–H and O–H groups in total. The average Bonchev–Trinajstić information content (AvgIpc) is 1.65. The van der Waals surface area contributed by atoms with E-state index in [-0.39, 0.29) is 36.0 Å². The summed E-state index contributed by atoms with van der Waals surface area (Å²) in [7, 11) is 0. The summed E-state index contributed by atoms with van der Waals surface area (Å²) in [5.74, 6) is -0.477. The molecule has 0 amide bonds. The second kappa shape index (κ2) is 6.27. The van der Waals surface area contributed by atoms with E-state index in [9.17, 15) is 5.11 Å². The zero-order chi connectivity index (χ0) is 4.99. The molecule has 0 rings (SSSR count). The smallest absolute Gasteiger partial charge is 0.859 e. The van der Waals surface area contributed by atoms with Crippen molar-refractivity contribution in [2.75, 3.05) is 0 Å². The second-order valence-electron chi connectivity index (χ2n) is 0.847. The molecular weight excluding hydrogens is 105 g/mol. The van der Waals surface area contributed by atoms with Crippen LogP contribution in [-0.2, 0) is 0 Å². The molecule has 36 valence electrons. The van der Waals surface area contributed by atoms with Crippen LogP contribution in [0.3, 0.4) is 0 Å². The molecule has 0 unspecified atom stereocenters. The van der Waals surface area contributed by atoms with E-state index < -0.39 is 5.90 Å². The Hall–Kier alpha value is 0.270. The van der Waals surface area contributed by atoms with Gasteiger partial charge in [-0.25, -0.2) is 0 Å². The zero-order valence-electron chi connectivity index (χ0n) is 4.51. The molecule has 0 aliphatic rings. The Balaban J connectivity index is 0. The first-order valence-electron chi connectivity index (χ1n) is 1.69. The van der Waals surface area contributed by atoms with E-state index in [0.29, 0.717) is 0 Å². The van der Waals surface area contributed by atoms with E-state index in [1.165, 1.54) is 0 Å². The number of nitrogens with zero attached hydrogens (tertiary/aromatic N) is 1. The Morgan fingerprint density at radius 3 is 2.29 bits per heavy atom. The maximum atomic E-state index is 9.76. The Kier molecular flexibility index (Phi) is 9.22. The van der Waals surface area contributed by atoms with Gasteiger partial charge < -0.3 is 10.3 Å². The summed E-state index contributed by atoms with van der Waals surface area (Å²) in [6, 6.07) is 0. The molecule has 0 atom stereocenters. The van der Waals surface area contributed by atoms with Crippen LogP contribution in [0.15, 0.2) is 5.16 Å². The van der Waals surface area contributed by atoms with E-state index in [1.807, 2.05) is 0 Å². The third-order valence-corrected chi connectivity index (χ3v) is 0.414. The van der Waals surface area contributed by atoms with Crippen LogP contribution in [0, 0.1) is 0 Å². The van der Waals surface area contributed by atoms with Crippen molar-refractivity contribution in [2.45, 2.75) is 13.3 Å². The van der Waals surface area contributed by atoms with Gasteiger partial charge >= 0.3 is 29.6 Å². The van der Waals surface area contributed by atoms with E-state index in [4.69, 9.17) is 5.21 Å². The maximum Gasteiger partial charge on any atom is 1.00 e. The molecular formula is C3H6NNaO2. The third kappa shape index (κ3) is 6.27. The predicted molar refractivity (Wildman–Crippen MR) is 19.5 cm³/mol. The molecule has 0 saturated carbocycles. The van der Waals surface area contributed by atoms with Crippen LogP contribution >= 0.6 is 0 Å². The summed E-state index contributed by atoms with van der Waals surface area (Å²) in [6.07, 6.45) is 0.274. The number of hydrogen-bond acceptors (Lipinski definition) is 3. The van der Waals surface area contributed by atoms with Crippen LogP contribution in [0.2, 0.25) is 0 Å². The summed E-state index contributed by atoms with van der Waals surface area (Å²) in [5, 5.41) is 19.7. The average molecular weight is 111 g/mol. The van der Waals surface area contributed by atoms with Crippen molar-refractivity contribution in [3.05, 3.63) is 0 Å². The minimum Gasteiger partial charge on any atom is -0.859 e. The first kappa shape index (κ1) is 10.3. The molecule has 0 saturated heterocycles. The number of hydrogen-bond donors (Lipinski definition) is 1. The zero-order valence-corrected chi connectivity index (χ0v) is 6.51. The van der Waals surface area contributed by atoms with Crippen LogP contribution in [0.1, 0.15) is 13.3 Å². The fourth-order valence-corrected chi connectivity index (χ4v) is 0.0707. The first-order chi connectivity index (χ1) is 2.81. The topological polar surface area (TPSA) is 55.7 Å². The summed E-state index contributed by atoms with van der Waals surface area (Å²) >= 11 is 0. The van der Waals surface area contributed by atoms with Crippen LogP contribution in [0.4, 0.5) is 0 Å². The largest absolute Gasteiger partial charge is 1.00 e. The molecule has 0 heterocycles. The molecule has 3 nitrogen and oxygen atoms in total. The summed E-state index contributed by atoms with van der Waals surface area (Å²) in [6.45, 7) is 1.63. The maximum absolute atomic E-state index is 9.76. The second-order valence-corrected chi connectivity index (χ2v) is 0.847. The fraction of sp³-hybridized carbons (Fsp3) is 0.667. The van der Waals surface area contributed by atoms with E-state index in [2.05, 4.69) is 5.16 Å². The molecule has 0 aliphatic heterocycles. The number of rotatable bonds is 1. The SMILES string of the molecule is CCC([O-])=NO.[Na+]. The van der Waals surface area contributed by atoms with Gasteiger partial charge in [-0.2, -0.15) is 0 Å². The van der Waals surface area contributed by atoms with Gasteiger partial charge in [0.15, 0.2) is 0 Å². The van der Waals surface area contributed by atoms with Gasteiger partial charge in [-0.1, -0.05) is 6.92 Å². The van der Waals surface area contributed by atoms with Gasteiger partial charge in [-0.15, -0.1) is 5.16 Å². The van der Waals surface area contributed by atoms with Gasteiger partial charge in [0, 0.05) is 5.90 Å². The van der Waals surface area contributed by atoms with Crippen molar-refractivity contribution in [3.8, 4) is 0 Å². The van der Waals surface area contributed by atoms with Gasteiger partial charge in [0.1, 0.15) is 0 Å². The molecule has 0 spiro atoms. The normalized spacial score (nSPS) is 10.1. The van der Waals surface area contributed by atoms with Gasteiger partial charge in [-0.05, 0) is 6.42 Å². The fourth-order valence-electron chi connectivity index (χ4n) is 0.0707. The molecule has 0 aromatic carbocycles. The monoisotopic (exact) mass is 111 g/mol. The van der Waals surface area contributed by atoms with Crippen molar-refractivity contribution >= 4 is 5.90 Å². The van der Waals surface area contributed by atoms with E-state index in [0.717, 1.165) is 0 Å². The minimum atomic E-state index is -0.477. The minimum absolute atomic E-state index is 0. The molecule has 0 aromatic rings. The van der Waals surface area contributed by atoms with Crippen molar-refractivity contribution in [2.24, 2.45) is 5.16 Å². The standard InChI is InChI=1S/C3H7NO2.Na/c1-2-3(5)4-6;/h6H,2H2,1H3,(H,4,5);/q;+1/p-1. The van der Waals surface area contributed by atoms with Crippen LogP contribution in [0.5, 0.6) is 0 Å². The number of oxime groups is 1. The van der Waals surface area contributed by atoms with Gasteiger partial charge in [0.2, 0.25) is 0 Å². The molecule has 0 aromatic heterocycles. The third-order valence-electron chi connectivity index (χ3n) is 0.414. The Morgan fingerprint density at radius 2 is 2.29 bits per heavy atom. The van der Waals surface area contributed by atoms with E-state index in [1.54, 1.807) is 6.92 Å². The predicted octanol–water partition coefficient (Wildman–Crippen LogP) is -3.45. The quantitative estimate of drug-likeness (QED) is 0.126. The summed E-state index contributed by atoms with van der Waals surface area (Å²) < 4.78 is 0. The summed E-state index contributed by atoms with van der Waals surface area (Å²) in [4.78, 5) is 0. The van der Waals surface area contributed by atoms with Crippen molar-refractivity contribution in [3.63, 3.8) is 0 Å². The Bertz CT molecular complexity index is 64.0. The van der Waals surface area contributed by atoms with Crippen molar-refractivity contribution < 1.29 is 39.9 Å². The van der Waals surface area contributed by atoms with E-state index >= 15 is 0 Å². The van der Waals surface area contributed by atoms with Gasteiger partial charge in [0.05, 0.1) is 0 Å². The van der Waals surface area contributed by atoms with Gasteiger partial charge in [0.25, 0.3) is 0 Å². The molecule has 7 heavy (non-hydrogen) atoms. The van der Waals surface area contributed by atoms with Crippen molar-refractivity contribution in [1.29, 1.82) is 0 Å². The molecule has 0 aliphatic carbocycles. The van der Waals surface area contributed by atoms with Crippen LogP contribution in [0.25, 0.3) is 0 Å². The molecule has 0 radical (unpaired) electrons. The van der Waals surface area contributed by atoms with Crippen LogP contribution < -0.4 is 34.7 Å².